The third kappa shape index (κ3) is 3.77. The van der Waals surface area contributed by atoms with E-state index in [0.29, 0.717) is 5.17 Å². The topological polar surface area (TPSA) is 51.4 Å². The Bertz CT molecular complexity index is 605. The van der Waals surface area contributed by atoms with Crippen LogP contribution in [0.5, 0.6) is 0 Å². The highest BCUT2D eigenvalue weighted by Crippen LogP contribution is 2.19. The van der Waals surface area contributed by atoms with Crippen molar-refractivity contribution >= 4 is 28.5 Å². The monoisotopic (exact) mass is 282 g/mol. The van der Waals surface area contributed by atoms with Gasteiger partial charge in [0.25, 0.3) is 0 Å². The Hall–Kier alpha value is -2.45. The van der Waals surface area contributed by atoms with E-state index < -0.39 is 0 Å². The summed E-state index contributed by atoms with van der Waals surface area (Å²) in [6.45, 7) is 0. The molecule has 0 saturated heterocycles. The van der Waals surface area contributed by atoms with Crippen molar-refractivity contribution in [1.29, 1.82) is 5.26 Å². The molecule has 0 spiro atoms. The second-order valence-electron chi connectivity index (χ2n) is 3.96. The maximum Gasteiger partial charge on any atom is 0.208 e. The van der Waals surface area contributed by atoms with Crippen LogP contribution in [-0.4, -0.2) is 12.2 Å². The van der Waals surface area contributed by atoms with Crippen LogP contribution in [0.25, 0.3) is 0 Å². The minimum absolute atomic E-state index is 0.586. The number of para-hydroxylation sites is 2. The molecule has 0 heterocycles. The number of amidine groups is 1. The largest absolute Gasteiger partial charge is 0.323 e. The van der Waals surface area contributed by atoms with E-state index in [1.54, 1.807) is 0 Å². The van der Waals surface area contributed by atoms with Gasteiger partial charge in [0.2, 0.25) is 11.4 Å². The smallest absolute Gasteiger partial charge is 0.208 e. The number of rotatable bonds is 3. The molecule has 0 aliphatic carbocycles. The molecule has 0 amide bonds. The third-order valence-electron chi connectivity index (χ3n) is 2.61. The van der Waals surface area contributed by atoms with Crippen LogP contribution in [0.1, 0.15) is 0 Å². The van der Waals surface area contributed by atoms with Gasteiger partial charge in [0.15, 0.2) is 0 Å². The fraction of sp³-hybridized carbons (Fsp3) is 0.0667. The molecule has 0 saturated carbocycles. The van der Waals surface area contributed by atoms with E-state index in [1.165, 1.54) is 11.9 Å². The molecule has 0 aliphatic heterocycles. The summed E-state index contributed by atoms with van der Waals surface area (Å²) >= 11 is 1.31. The summed E-state index contributed by atoms with van der Waals surface area (Å²) in [5.74, 6) is 0. The summed E-state index contributed by atoms with van der Waals surface area (Å²) in [5, 5.41) is 9.41. The molecule has 4 nitrogen and oxygen atoms in total. The number of benzene rings is 2. The molecular formula is C15H14N4S. The van der Waals surface area contributed by atoms with Gasteiger partial charge in [-0.25, -0.2) is 0 Å². The SMILES string of the molecule is CN(C(=NC#N)SNc1ccccc1)c1ccccc1. The lowest BCUT2D eigenvalue weighted by Gasteiger charge is -2.19. The zero-order chi connectivity index (χ0) is 14.2. The molecule has 0 atom stereocenters. The molecule has 0 aliphatic rings. The number of nitriles is 1. The highest BCUT2D eigenvalue weighted by atomic mass is 32.2. The van der Waals surface area contributed by atoms with Crippen LogP contribution in [0.3, 0.4) is 0 Å². The standard InChI is InChI=1S/C15H14N4S/c1-19(14-10-6-3-7-11-14)15(17-12-16)20-18-13-8-4-2-5-9-13/h2-11,18H,1H3. The van der Waals surface area contributed by atoms with E-state index in [1.807, 2.05) is 78.8 Å². The lowest BCUT2D eigenvalue weighted by Crippen LogP contribution is -2.24. The summed E-state index contributed by atoms with van der Waals surface area (Å²) in [7, 11) is 1.88. The van der Waals surface area contributed by atoms with E-state index in [9.17, 15) is 0 Å². The van der Waals surface area contributed by atoms with Crippen molar-refractivity contribution in [2.75, 3.05) is 16.7 Å². The number of aliphatic imine (C=N–C) groups is 1. The van der Waals surface area contributed by atoms with Gasteiger partial charge in [-0.3, -0.25) is 0 Å². The highest BCUT2D eigenvalue weighted by molar-refractivity contribution is 8.15. The van der Waals surface area contributed by atoms with Crippen LogP contribution in [0.4, 0.5) is 11.4 Å². The third-order valence-corrected chi connectivity index (χ3v) is 3.50. The van der Waals surface area contributed by atoms with Gasteiger partial charge in [0.1, 0.15) is 0 Å². The minimum Gasteiger partial charge on any atom is -0.323 e. The van der Waals surface area contributed by atoms with E-state index in [-0.39, 0.29) is 0 Å². The maximum absolute atomic E-state index is 8.82. The first kappa shape index (κ1) is 14.0. The van der Waals surface area contributed by atoms with Gasteiger partial charge in [-0.15, -0.1) is 4.99 Å². The van der Waals surface area contributed by atoms with Crippen molar-refractivity contribution in [3.63, 3.8) is 0 Å². The molecule has 2 aromatic carbocycles. The molecule has 0 radical (unpaired) electrons. The zero-order valence-corrected chi connectivity index (χ0v) is 11.8. The van der Waals surface area contributed by atoms with Crippen LogP contribution in [0.2, 0.25) is 0 Å². The maximum atomic E-state index is 8.82. The number of hydrogen-bond acceptors (Lipinski definition) is 4. The van der Waals surface area contributed by atoms with Gasteiger partial charge in [-0.1, -0.05) is 36.4 Å². The van der Waals surface area contributed by atoms with Crippen molar-refractivity contribution in [2.24, 2.45) is 4.99 Å². The Morgan fingerprint density at radius 2 is 1.70 bits per heavy atom. The molecule has 0 bridgehead atoms. The summed E-state index contributed by atoms with van der Waals surface area (Å²) in [4.78, 5) is 5.73. The summed E-state index contributed by atoms with van der Waals surface area (Å²) in [5.41, 5.74) is 1.94. The quantitative estimate of drug-likeness (QED) is 0.403. The van der Waals surface area contributed by atoms with Crippen LogP contribution in [-0.2, 0) is 0 Å². The summed E-state index contributed by atoms with van der Waals surface area (Å²) in [6, 6.07) is 19.6. The molecule has 1 N–H and O–H groups in total. The van der Waals surface area contributed by atoms with Crippen LogP contribution >= 0.6 is 11.9 Å². The summed E-state index contributed by atoms with van der Waals surface area (Å²) in [6.07, 6.45) is 1.84. The fourth-order valence-electron chi connectivity index (χ4n) is 1.58. The van der Waals surface area contributed by atoms with Gasteiger partial charge in [-0.05, 0) is 24.3 Å². The van der Waals surface area contributed by atoms with Gasteiger partial charge < -0.3 is 9.62 Å². The van der Waals surface area contributed by atoms with Crippen molar-refractivity contribution in [3.8, 4) is 6.19 Å². The number of anilines is 2. The van der Waals surface area contributed by atoms with E-state index in [4.69, 9.17) is 5.26 Å². The number of nitrogens with one attached hydrogen (secondary N) is 1. The van der Waals surface area contributed by atoms with Gasteiger partial charge in [-0.2, -0.15) is 5.26 Å². The molecule has 0 unspecified atom stereocenters. The Kier molecular flexibility index (Phi) is 5.04. The van der Waals surface area contributed by atoms with Gasteiger partial charge in [0, 0.05) is 30.4 Å². The normalized spacial score (nSPS) is 10.7. The van der Waals surface area contributed by atoms with Crippen molar-refractivity contribution in [2.45, 2.75) is 0 Å². The average Bonchev–Trinajstić information content (AvgIpc) is 2.52. The zero-order valence-electron chi connectivity index (χ0n) is 11.0. The predicted octanol–water partition coefficient (Wildman–Crippen LogP) is 3.72. The van der Waals surface area contributed by atoms with E-state index in [2.05, 4.69) is 9.71 Å². The van der Waals surface area contributed by atoms with Gasteiger partial charge >= 0.3 is 0 Å². The van der Waals surface area contributed by atoms with Crippen molar-refractivity contribution in [1.82, 2.24) is 0 Å². The molecule has 0 aromatic heterocycles. The number of nitrogens with zero attached hydrogens (tertiary/aromatic N) is 3. The Morgan fingerprint density at radius 1 is 1.10 bits per heavy atom. The molecule has 100 valence electrons. The molecule has 0 fully saturated rings. The van der Waals surface area contributed by atoms with Crippen LogP contribution in [0, 0.1) is 11.5 Å². The molecule has 20 heavy (non-hydrogen) atoms. The Morgan fingerprint density at radius 3 is 2.30 bits per heavy atom. The van der Waals surface area contributed by atoms with E-state index >= 15 is 0 Å². The molecular weight excluding hydrogens is 268 g/mol. The molecule has 2 aromatic rings. The fourth-order valence-corrected chi connectivity index (χ4v) is 2.26. The van der Waals surface area contributed by atoms with Crippen LogP contribution < -0.4 is 9.62 Å². The molecule has 2 rings (SSSR count). The minimum atomic E-state index is 0.586. The lowest BCUT2D eigenvalue weighted by atomic mass is 10.3. The first-order chi connectivity index (χ1) is 9.81. The highest BCUT2D eigenvalue weighted by Gasteiger charge is 2.09. The van der Waals surface area contributed by atoms with Crippen molar-refractivity contribution < 1.29 is 0 Å². The van der Waals surface area contributed by atoms with E-state index in [0.717, 1.165) is 11.4 Å². The number of hydrogen-bond donors (Lipinski definition) is 1. The van der Waals surface area contributed by atoms with Crippen LogP contribution in [0.15, 0.2) is 65.7 Å². The first-order valence-corrected chi connectivity index (χ1v) is 6.86. The predicted molar refractivity (Wildman–Crippen MR) is 85.5 cm³/mol. The lowest BCUT2D eigenvalue weighted by molar-refractivity contribution is 1.27. The Balaban J connectivity index is 2.09. The second kappa shape index (κ2) is 7.22. The average molecular weight is 282 g/mol. The first-order valence-electron chi connectivity index (χ1n) is 6.04. The molecule has 5 heteroatoms. The summed E-state index contributed by atoms with van der Waals surface area (Å²) < 4.78 is 3.17. The van der Waals surface area contributed by atoms with Gasteiger partial charge in [0.05, 0.1) is 0 Å². The Labute approximate surface area is 122 Å². The van der Waals surface area contributed by atoms with Crippen molar-refractivity contribution in [3.05, 3.63) is 60.7 Å². The second-order valence-corrected chi connectivity index (χ2v) is 4.73.